The number of hydrogen-bond acceptors (Lipinski definition) is 4. The van der Waals surface area contributed by atoms with Gasteiger partial charge in [-0.3, -0.25) is 9.48 Å². The number of aromatic nitrogens is 3. The molecule has 3 unspecified atom stereocenters. The van der Waals surface area contributed by atoms with Crippen LogP contribution in [0.1, 0.15) is 36.8 Å². The van der Waals surface area contributed by atoms with Crippen molar-refractivity contribution in [3.63, 3.8) is 0 Å². The van der Waals surface area contributed by atoms with Gasteiger partial charge >= 0.3 is 0 Å². The molecule has 0 saturated heterocycles. The number of nitrogens with one attached hydrogen (secondary N) is 1. The Morgan fingerprint density at radius 2 is 2.13 bits per heavy atom. The number of carbonyl (C=O) groups is 1. The van der Waals surface area contributed by atoms with Gasteiger partial charge < -0.3 is 10.1 Å². The lowest BCUT2D eigenvalue weighted by Gasteiger charge is -2.56. The second kappa shape index (κ2) is 5.30. The van der Waals surface area contributed by atoms with Crippen molar-refractivity contribution in [1.82, 2.24) is 20.1 Å². The molecule has 1 aliphatic carbocycles. The fourth-order valence-corrected chi connectivity index (χ4v) is 4.08. The SMILES string of the molecule is COC1C(C)C(NC(=O)c2cnc3c(c2)c(C)nn3C)C1(C)C. The number of amides is 1. The van der Waals surface area contributed by atoms with E-state index in [0.29, 0.717) is 5.56 Å². The number of carbonyl (C=O) groups excluding carboxylic acids is 1. The van der Waals surface area contributed by atoms with Crippen LogP contribution in [0.25, 0.3) is 11.0 Å². The van der Waals surface area contributed by atoms with E-state index in [1.165, 1.54) is 0 Å². The van der Waals surface area contributed by atoms with E-state index in [1.54, 1.807) is 18.0 Å². The van der Waals surface area contributed by atoms with Gasteiger partial charge in [-0.15, -0.1) is 0 Å². The number of methoxy groups -OCH3 is 1. The minimum Gasteiger partial charge on any atom is -0.380 e. The van der Waals surface area contributed by atoms with Crippen LogP contribution in [0.4, 0.5) is 0 Å². The Balaban J connectivity index is 1.83. The predicted molar refractivity (Wildman–Crippen MR) is 88.2 cm³/mol. The van der Waals surface area contributed by atoms with E-state index in [9.17, 15) is 4.79 Å². The van der Waals surface area contributed by atoms with Crippen molar-refractivity contribution < 1.29 is 9.53 Å². The molecule has 2 aromatic heterocycles. The standard InChI is InChI=1S/C17H24N4O2/c1-9-13(17(3,4)14(9)23-6)19-16(22)11-7-12-10(2)20-21(5)15(12)18-8-11/h7-9,13-14H,1-6H3,(H,19,22). The van der Waals surface area contributed by atoms with E-state index in [4.69, 9.17) is 4.74 Å². The molecule has 0 radical (unpaired) electrons. The molecule has 23 heavy (non-hydrogen) atoms. The molecular formula is C17H24N4O2. The van der Waals surface area contributed by atoms with Crippen LogP contribution in [0.3, 0.4) is 0 Å². The van der Waals surface area contributed by atoms with Crippen molar-refractivity contribution >= 4 is 16.9 Å². The molecule has 3 rings (SSSR count). The third-order valence-corrected chi connectivity index (χ3v) is 5.20. The lowest BCUT2D eigenvalue weighted by Crippen LogP contribution is -2.67. The second-order valence-electron chi connectivity index (χ2n) is 7.09. The highest BCUT2D eigenvalue weighted by Crippen LogP contribution is 2.46. The van der Waals surface area contributed by atoms with Crippen LogP contribution in [0.5, 0.6) is 0 Å². The zero-order chi connectivity index (χ0) is 16.9. The topological polar surface area (TPSA) is 69.0 Å². The number of nitrogens with zero attached hydrogens (tertiary/aromatic N) is 3. The van der Waals surface area contributed by atoms with E-state index >= 15 is 0 Å². The highest BCUT2D eigenvalue weighted by molar-refractivity contribution is 5.97. The molecule has 2 aromatic rings. The Bertz CT molecular complexity index is 765. The number of pyridine rings is 1. The Labute approximate surface area is 136 Å². The first-order chi connectivity index (χ1) is 10.8. The zero-order valence-corrected chi connectivity index (χ0v) is 14.5. The number of fused-ring (bicyclic) bond motifs is 1. The van der Waals surface area contributed by atoms with Gasteiger partial charge in [-0.25, -0.2) is 4.98 Å². The van der Waals surface area contributed by atoms with Crippen molar-refractivity contribution in [3.8, 4) is 0 Å². The fourth-order valence-electron chi connectivity index (χ4n) is 4.08. The molecule has 1 N–H and O–H groups in total. The number of aryl methyl sites for hydroxylation is 2. The minimum absolute atomic E-state index is 0.0778. The van der Waals surface area contributed by atoms with Gasteiger partial charge in [0.2, 0.25) is 0 Å². The molecule has 1 amide bonds. The maximum atomic E-state index is 12.6. The summed E-state index contributed by atoms with van der Waals surface area (Å²) in [7, 11) is 3.58. The quantitative estimate of drug-likeness (QED) is 0.941. The lowest BCUT2D eigenvalue weighted by molar-refractivity contribution is -0.141. The van der Waals surface area contributed by atoms with Gasteiger partial charge in [0.05, 0.1) is 17.4 Å². The van der Waals surface area contributed by atoms with Gasteiger partial charge in [0.15, 0.2) is 5.65 Å². The molecule has 6 heteroatoms. The Kier molecular flexibility index (Phi) is 3.67. The van der Waals surface area contributed by atoms with Crippen molar-refractivity contribution in [1.29, 1.82) is 0 Å². The van der Waals surface area contributed by atoms with Crippen molar-refractivity contribution in [2.75, 3.05) is 7.11 Å². The first-order valence-electron chi connectivity index (χ1n) is 7.90. The average molecular weight is 316 g/mol. The van der Waals surface area contributed by atoms with Gasteiger partial charge in [-0.2, -0.15) is 5.10 Å². The molecule has 0 aliphatic heterocycles. The van der Waals surface area contributed by atoms with Gasteiger partial charge in [-0.05, 0) is 13.0 Å². The first-order valence-corrected chi connectivity index (χ1v) is 7.90. The molecule has 0 spiro atoms. The van der Waals surface area contributed by atoms with Crippen molar-refractivity contribution in [3.05, 3.63) is 23.5 Å². The van der Waals surface area contributed by atoms with Crippen LogP contribution < -0.4 is 5.32 Å². The highest BCUT2D eigenvalue weighted by atomic mass is 16.5. The van der Waals surface area contributed by atoms with E-state index in [1.807, 2.05) is 20.0 Å². The predicted octanol–water partition coefficient (Wildman–Crippen LogP) is 2.07. The Morgan fingerprint density at radius 3 is 2.74 bits per heavy atom. The second-order valence-corrected chi connectivity index (χ2v) is 7.09. The third-order valence-electron chi connectivity index (χ3n) is 5.20. The molecule has 1 fully saturated rings. The van der Waals surface area contributed by atoms with E-state index in [-0.39, 0.29) is 29.4 Å². The molecule has 1 saturated carbocycles. The van der Waals surface area contributed by atoms with Crippen molar-refractivity contribution in [2.24, 2.45) is 18.4 Å². The summed E-state index contributed by atoms with van der Waals surface area (Å²) in [6.45, 7) is 8.28. The number of hydrogen-bond donors (Lipinski definition) is 1. The summed E-state index contributed by atoms with van der Waals surface area (Å²) in [6, 6.07) is 1.95. The van der Waals surface area contributed by atoms with Crippen LogP contribution in [0.15, 0.2) is 12.3 Å². The molecule has 0 aromatic carbocycles. The van der Waals surface area contributed by atoms with E-state index in [0.717, 1.165) is 16.7 Å². The van der Waals surface area contributed by atoms with Crippen molar-refractivity contribution in [2.45, 2.75) is 39.8 Å². The average Bonchev–Trinajstić information content (AvgIpc) is 2.79. The molecule has 2 heterocycles. The van der Waals surface area contributed by atoms with Gasteiger partial charge in [0.25, 0.3) is 5.91 Å². The van der Waals surface area contributed by atoms with Crippen LogP contribution >= 0.6 is 0 Å². The van der Waals surface area contributed by atoms with Crippen LogP contribution in [-0.2, 0) is 11.8 Å². The fraction of sp³-hybridized carbons (Fsp3) is 0.588. The molecule has 1 aliphatic rings. The summed E-state index contributed by atoms with van der Waals surface area (Å²) in [5.41, 5.74) is 2.15. The van der Waals surface area contributed by atoms with Crippen LogP contribution in [0.2, 0.25) is 0 Å². The van der Waals surface area contributed by atoms with E-state index in [2.05, 4.69) is 36.2 Å². The molecule has 3 atom stereocenters. The summed E-state index contributed by atoms with van der Waals surface area (Å²) >= 11 is 0. The number of rotatable bonds is 3. The largest absolute Gasteiger partial charge is 0.380 e. The van der Waals surface area contributed by atoms with Gasteiger partial charge in [0, 0.05) is 43.1 Å². The minimum atomic E-state index is -0.0952. The third kappa shape index (κ3) is 2.32. The summed E-state index contributed by atoms with van der Waals surface area (Å²) in [4.78, 5) is 17.0. The van der Waals surface area contributed by atoms with Gasteiger partial charge in [-0.1, -0.05) is 20.8 Å². The summed E-state index contributed by atoms with van der Waals surface area (Å²) in [5.74, 6) is 0.192. The van der Waals surface area contributed by atoms with E-state index < -0.39 is 0 Å². The number of ether oxygens (including phenoxy) is 1. The normalized spacial score (nSPS) is 26.1. The summed E-state index contributed by atoms with van der Waals surface area (Å²) < 4.78 is 7.26. The lowest BCUT2D eigenvalue weighted by atomic mass is 9.58. The maximum absolute atomic E-state index is 12.6. The molecule has 0 bridgehead atoms. The monoisotopic (exact) mass is 316 g/mol. The van der Waals surface area contributed by atoms with Crippen LogP contribution in [-0.4, -0.2) is 39.9 Å². The summed E-state index contributed by atoms with van der Waals surface area (Å²) in [5, 5.41) is 8.40. The smallest absolute Gasteiger partial charge is 0.253 e. The Hall–Kier alpha value is -1.95. The molecular weight excluding hydrogens is 292 g/mol. The summed E-state index contributed by atoms with van der Waals surface area (Å²) in [6.07, 6.45) is 1.78. The first kappa shape index (κ1) is 15.9. The maximum Gasteiger partial charge on any atom is 0.253 e. The Morgan fingerprint density at radius 1 is 1.43 bits per heavy atom. The highest BCUT2D eigenvalue weighted by Gasteiger charge is 2.55. The zero-order valence-electron chi connectivity index (χ0n) is 14.5. The molecule has 6 nitrogen and oxygen atoms in total. The van der Waals surface area contributed by atoms with Gasteiger partial charge in [0.1, 0.15) is 0 Å². The molecule has 124 valence electrons. The van der Waals surface area contributed by atoms with Crippen LogP contribution in [0, 0.1) is 18.3 Å².